The standard InChI is InChI=1S/C19H23NO4S2/c1-13-9-18(14(2)20(13)15-7-8-26(22,23)12-15)19(21)11-25-17-6-4-5-16(10-17)24-3/h4-6,9-10,15H,7-8,11-12H2,1-3H3. The molecule has 0 bridgehead atoms. The largest absolute Gasteiger partial charge is 0.497 e. The number of carbonyl (C=O) groups excluding carboxylic acids is 1. The molecular formula is C19H23NO4S2. The van der Waals surface area contributed by atoms with E-state index < -0.39 is 9.84 Å². The summed E-state index contributed by atoms with van der Waals surface area (Å²) in [5.74, 6) is 1.54. The maximum Gasteiger partial charge on any atom is 0.174 e. The Kier molecular flexibility index (Phi) is 5.48. The highest BCUT2D eigenvalue weighted by Gasteiger charge is 2.31. The zero-order valence-corrected chi connectivity index (χ0v) is 16.8. The average molecular weight is 394 g/mol. The van der Waals surface area contributed by atoms with Gasteiger partial charge in [0.05, 0.1) is 24.4 Å². The molecule has 0 spiro atoms. The van der Waals surface area contributed by atoms with Gasteiger partial charge in [0.1, 0.15) is 5.75 Å². The molecule has 1 aromatic carbocycles. The van der Waals surface area contributed by atoms with Crippen LogP contribution in [0, 0.1) is 13.8 Å². The number of rotatable bonds is 6. The van der Waals surface area contributed by atoms with Gasteiger partial charge in [-0.15, -0.1) is 11.8 Å². The van der Waals surface area contributed by atoms with E-state index in [0.717, 1.165) is 22.0 Å². The molecule has 1 aromatic heterocycles. The fraction of sp³-hybridized carbons (Fsp3) is 0.421. The van der Waals surface area contributed by atoms with E-state index in [2.05, 4.69) is 0 Å². The molecule has 26 heavy (non-hydrogen) atoms. The number of carbonyl (C=O) groups is 1. The Morgan fingerprint density at radius 2 is 2.08 bits per heavy atom. The van der Waals surface area contributed by atoms with E-state index in [4.69, 9.17) is 4.74 Å². The first-order chi connectivity index (χ1) is 12.3. The van der Waals surface area contributed by atoms with Crippen molar-refractivity contribution in [3.63, 3.8) is 0 Å². The van der Waals surface area contributed by atoms with Crippen molar-refractivity contribution in [3.05, 3.63) is 47.3 Å². The highest BCUT2D eigenvalue weighted by molar-refractivity contribution is 8.00. The summed E-state index contributed by atoms with van der Waals surface area (Å²) in [6.07, 6.45) is 0.616. The predicted molar refractivity (Wildman–Crippen MR) is 104 cm³/mol. The van der Waals surface area contributed by atoms with Crippen LogP contribution in [0.25, 0.3) is 0 Å². The SMILES string of the molecule is COc1cccc(SCC(=O)c2cc(C)n(C3CCS(=O)(=O)C3)c2C)c1. The van der Waals surface area contributed by atoms with Crippen LogP contribution in [-0.4, -0.2) is 43.1 Å². The number of ketones is 1. The van der Waals surface area contributed by atoms with Crippen LogP contribution in [0.2, 0.25) is 0 Å². The van der Waals surface area contributed by atoms with Crippen molar-refractivity contribution < 1.29 is 17.9 Å². The van der Waals surface area contributed by atoms with Crippen molar-refractivity contribution in [3.8, 4) is 5.75 Å². The number of sulfone groups is 1. The first-order valence-electron chi connectivity index (χ1n) is 8.49. The molecule has 3 rings (SSSR count). The number of nitrogens with zero attached hydrogens (tertiary/aromatic N) is 1. The maximum absolute atomic E-state index is 12.7. The summed E-state index contributed by atoms with van der Waals surface area (Å²) in [6.45, 7) is 3.84. The summed E-state index contributed by atoms with van der Waals surface area (Å²) in [7, 11) is -1.34. The van der Waals surface area contributed by atoms with Gasteiger partial charge in [0.2, 0.25) is 0 Å². The van der Waals surface area contributed by atoms with Crippen molar-refractivity contribution in [1.29, 1.82) is 0 Å². The van der Waals surface area contributed by atoms with Gasteiger partial charge in [-0.2, -0.15) is 0 Å². The van der Waals surface area contributed by atoms with Crippen molar-refractivity contribution in [2.24, 2.45) is 0 Å². The minimum Gasteiger partial charge on any atom is -0.497 e. The normalized spacial score (nSPS) is 18.8. The number of ether oxygens (including phenoxy) is 1. The number of Topliss-reactive ketones (excluding diaryl/α,β-unsaturated/α-hetero) is 1. The number of aromatic nitrogens is 1. The quantitative estimate of drug-likeness (QED) is 0.556. The zero-order chi connectivity index (χ0) is 18.9. The first kappa shape index (κ1) is 19.0. The molecule has 0 aliphatic carbocycles. The van der Waals surface area contributed by atoms with Gasteiger partial charge < -0.3 is 9.30 Å². The Labute approximate surface area is 158 Å². The molecule has 5 nitrogen and oxygen atoms in total. The Morgan fingerprint density at radius 1 is 1.31 bits per heavy atom. The van der Waals surface area contributed by atoms with Crippen LogP contribution < -0.4 is 4.74 Å². The fourth-order valence-electron chi connectivity index (χ4n) is 3.52. The Morgan fingerprint density at radius 3 is 2.73 bits per heavy atom. The van der Waals surface area contributed by atoms with Gasteiger partial charge in [-0.1, -0.05) is 6.07 Å². The van der Waals surface area contributed by atoms with E-state index in [1.54, 1.807) is 7.11 Å². The van der Waals surface area contributed by atoms with Gasteiger partial charge in [0.25, 0.3) is 0 Å². The zero-order valence-electron chi connectivity index (χ0n) is 15.2. The summed E-state index contributed by atoms with van der Waals surface area (Å²) in [5.41, 5.74) is 2.49. The van der Waals surface area contributed by atoms with Crippen LogP contribution in [0.15, 0.2) is 35.2 Å². The second-order valence-electron chi connectivity index (χ2n) is 6.60. The van der Waals surface area contributed by atoms with E-state index >= 15 is 0 Å². The molecule has 1 saturated heterocycles. The van der Waals surface area contributed by atoms with Crippen LogP contribution in [0.5, 0.6) is 5.75 Å². The smallest absolute Gasteiger partial charge is 0.174 e. The van der Waals surface area contributed by atoms with Gasteiger partial charge in [-0.25, -0.2) is 8.42 Å². The summed E-state index contributed by atoms with van der Waals surface area (Å²) in [4.78, 5) is 13.7. The highest BCUT2D eigenvalue weighted by Crippen LogP contribution is 2.30. The van der Waals surface area contributed by atoms with Crippen molar-refractivity contribution in [2.45, 2.75) is 31.2 Å². The molecular weight excluding hydrogens is 370 g/mol. The van der Waals surface area contributed by atoms with Gasteiger partial charge in [0, 0.05) is 27.9 Å². The van der Waals surface area contributed by atoms with Gasteiger partial charge in [-0.3, -0.25) is 4.79 Å². The predicted octanol–water partition coefficient (Wildman–Crippen LogP) is 3.45. The number of aryl methyl sites for hydroxylation is 1. The molecule has 0 N–H and O–H groups in total. The number of hydrogen-bond donors (Lipinski definition) is 0. The first-order valence-corrected chi connectivity index (χ1v) is 11.3. The molecule has 2 heterocycles. The minimum absolute atomic E-state index is 0.0537. The minimum atomic E-state index is -2.96. The van der Waals surface area contributed by atoms with Crippen molar-refractivity contribution in [1.82, 2.24) is 4.57 Å². The number of hydrogen-bond acceptors (Lipinski definition) is 5. The van der Waals surface area contributed by atoms with Crippen LogP contribution in [0.4, 0.5) is 0 Å². The van der Waals surface area contributed by atoms with Gasteiger partial charge in [0.15, 0.2) is 15.6 Å². The van der Waals surface area contributed by atoms with Crippen LogP contribution in [-0.2, 0) is 9.84 Å². The summed E-state index contributed by atoms with van der Waals surface area (Å²) < 4.78 is 30.8. The van der Waals surface area contributed by atoms with Gasteiger partial charge in [-0.05, 0) is 44.5 Å². The molecule has 1 atom stereocenters. The van der Waals surface area contributed by atoms with Crippen molar-refractivity contribution >= 4 is 27.4 Å². The summed E-state index contributed by atoms with van der Waals surface area (Å²) in [6, 6.07) is 9.45. The number of benzene rings is 1. The van der Waals surface area contributed by atoms with Crippen LogP contribution in [0.1, 0.15) is 34.2 Å². The second-order valence-corrected chi connectivity index (χ2v) is 9.88. The molecule has 1 unspecified atom stereocenters. The molecule has 2 aromatic rings. The van der Waals surface area contributed by atoms with E-state index in [1.165, 1.54) is 11.8 Å². The number of thioether (sulfide) groups is 1. The Bertz CT molecular complexity index is 931. The Balaban J connectivity index is 1.75. The molecule has 0 radical (unpaired) electrons. The molecule has 140 valence electrons. The lowest BCUT2D eigenvalue weighted by atomic mass is 10.2. The van der Waals surface area contributed by atoms with E-state index in [-0.39, 0.29) is 23.3 Å². The third-order valence-electron chi connectivity index (χ3n) is 4.77. The Hall–Kier alpha value is -1.73. The third kappa shape index (κ3) is 3.99. The van der Waals surface area contributed by atoms with E-state index in [0.29, 0.717) is 17.7 Å². The topological polar surface area (TPSA) is 65.4 Å². The lowest BCUT2D eigenvalue weighted by Gasteiger charge is -2.16. The fourth-order valence-corrected chi connectivity index (χ4v) is 6.05. The molecule has 0 saturated carbocycles. The lowest BCUT2D eigenvalue weighted by molar-refractivity contribution is 0.102. The third-order valence-corrected chi connectivity index (χ3v) is 7.51. The monoisotopic (exact) mass is 393 g/mol. The summed E-state index contributed by atoms with van der Waals surface area (Å²) >= 11 is 1.47. The average Bonchev–Trinajstić information content (AvgIpc) is 3.11. The van der Waals surface area contributed by atoms with Gasteiger partial charge >= 0.3 is 0 Å². The number of methoxy groups -OCH3 is 1. The lowest BCUT2D eigenvalue weighted by Crippen LogP contribution is -2.14. The van der Waals surface area contributed by atoms with E-state index in [1.807, 2.05) is 48.7 Å². The molecule has 1 fully saturated rings. The molecule has 1 aliphatic heterocycles. The second kappa shape index (κ2) is 7.48. The molecule has 0 amide bonds. The highest BCUT2D eigenvalue weighted by atomic mass is 32.2. The molecule has 7 heteroatoms. The summed E-state index contributed by atoms with van der Waals surface area (Å²) in [5, 5.41) is 0. The van der Waals surface area contributed by atoms with Crippen LogP contribution in [0.3, 0.4) is 0 Å². The maximum atomic E-state index is 12.7. The van der Waals surface area contributed by atoms with E-state index in [9.17, 15) is 13.2 Å². The van der Waals surface area contributed by atoms with Crippen LogP contribution >= 0.6 is 11.8 Å². The molecule has 1 aliphatic rings. The van der Waals surface area contributed by atoms with Crippen molar-refractivity contribution in [2.75, 3.05) is 24.4 Å².